The van der Waals surface area contributed by atoms with Gasteiger partial charge >= 0.3 is 0 Å². The minimum atomic E-state index is 0.642. The van der Waals surface area contributed by atoms with Gasteiger partial charge in [-0.2, -0.15) is 5.10 Å². The molecule has 1 fully saturated rings. The molecule has 1 heterocycles. The van der Waals surface area contributed by atoms with Crippen molar-refractivity contribution < 1.29 is 0 Å². The van der Waals surface area contributed by atoms with Crippen LogP contribution in [-0.2, 0) is 13.5 Å². The summed E-state index contributed by atoms with van der Waals surface area (Å²) in [5.41, 5.74) is 2.30. The average molecular weight is 284 g/mol. The Labute approximate surface area is 121 Å². The van der Waals surface area contributed by atoms with Crippen LogP contribution < -0.4 is 5.32 Å². The molecule has 1 unspecified atom stereocenters. The lowest BCUT2D eigenvalue weighted by molar-refractivity contribution is 0.346. The lowest BCUT2D eigenvalue weighted by Gasteiger charge is -2.24. The molecule has 0 spiro atoms. The minimum Gasteiger partial charge on any atom is -0.314 e. The molecule has 3 nitrogen and oxygen atoms in total. The summed E-state index contributed by atoms with van der Waals surface area (Å²) in [6.45, 7) is 5.31. The fourth-order valence-corrected chi connectivity index (χ4v) is 3.65. The highest BCUT2D eigenvalue weighted by Gasteiger charge is 2.24. The quantitative estimate of drug-likeness (QED) is 0.866. The first-order chi connectivity index (χ1) is 9.13. The van der Waals surface area contributed by atoms with Crippen molar-refractivity contribution >= 4 is 11.6 Å². The maximum absolute atomic E-state index is 6.31. The van der Waals surface area contributed by atoms with Gasteiger partial charge in [0.1, 0.15) is 5.15 Å². The molecule has 0 radical (unpaired) electrons. The van der Waals surface area contributed by atoms with Gasteiger partial charge in [-0.3, -0.25) is 4.68 Å². The Morgan fingerprint density at radius 3 is 2.63 bits per heavy atom. The normalized spacial score (nSPS) is 18.1. The summed E-state index contributed by atoms with van der Waals surface area (Å²) in [6, 6.07) is 0.642. The van der Waals surface area contributed by atoms with E-state index in [-0.39, 0.29) is 0 Å². The van der Waals surface area contributed by atoms with Gasteiger partial charge < -0.3 is 5.32 Å². The maximum atomic E-state index is 6.31. The Kier molecular flexibility index (Phi) is 5.28. The minimum absolute atomic E-state index is 0.642. The van der Waals surface area contributed by atoms with Crippen molar-refractivity contribution in [1.29, 1.82) is 0 Å². The van der Waals surface area contributed by atoms with Crippen LogP contribution in [0.1, 0.15) is 50.3 Å². The van der Waals surface area contributed by atoms with Gasteiger partial charge in [0.25, 0.3) is 0 Å². The molecule has 0 aliphatic heterocycles. The van der Waals surface area contributed by atoms with Gasteiger partial charge in [-0.15, -0.1) is 0 Å². The number of rotatable bonds is 6. The highest BCUT2D eigenvalue weighted by molar-refractivity contribution is 6.30. The fraction of sp³-hybridized carbons (Fsp3) is 0.800. The molecule has 0 bridgehead atoms. The van der Waals surface area contributed by atoms with E-state index in [1.54, 1.807) is 4.68 Å². The largest absolute Gasteiger partial charge is 0.314 e. The standard InChI is InChI=1S/C15H26ClN3/c1-4-17-14(12-7-5-6-8-12)10-9-13-11(2)18-19(3)15(13)16/h12,14,17H,4-10H2,1-3H3. The highest BCUT2D eigenvalue weighted by Crippen LogP contribution is 2.30. The molecule has 2 rings (SSSR count). The molecule has 0 amide bonds. The molecule has 1 aromatic heterocycles. The van der Waals surface area contributed by atoms with E-state index in [0.29, 0.717) is 6.04 Å². The van der Waals surface area contributed by atoms with Crippen molar-refractivity contribution in [3.8, 4) is 0 Å². The number of nitrogens with zero attached hydrogens (tertiary/aromatic N) is 2. The topological polar surface area (TPSA) is 29.9 Å². The first-order valence-electron chi connectivity index (χ1n) is 7.54. The Bertz CT molecular complexity index is 408. The summed E-state index contributed by atoms with van der Waals surface area (Å²) >= 11 is 6.31. The summed E-state index contributed by atoms with van der Waals surface area (Å²) in [6.07, 6.45) is 7.78. The predicted molar refractivity (Wildman–Crippen MR) is 80.7 cm³/mol. The van der Waals surface area contributed by atoms with E-state index in [1.165, 1.54) is 37.7 Å². The highest BCUT2D eigenvalue weighted by atomic mass is 35.5. The van der Waals surface area contributed by atoms with Gasteiger partial charge in [-0.1, -0.05) is 31.4 Å². The van der Waals surface area contributed by atoms with Gasteiger partial charge in [-0.25, -0.2) is 0 Å². The lowest BCUT2D eigenvalue weighted by Crippen LogP contribution is -2.35. The summed E-state index contributed by atoms with van der Waals surface area (Å²) in [7, 11) is 1.91. The third-order valence-corrected chi connectivity index (χ3v) is 4.88. The number of aryl methyl sites for hydroxylation is 2. The van der Waals surface area contributed by atoms with E-state index in [9.17, 15) is 0 Å². The van der Waals surface area contributed by atoms with E-state index >= 15 is 0 Å². The van der Waals surface area contributed by atoms with Crippen LogP contribution in [0.5, 0.6) is 0 Å². The molecule has 1 aliphatic rings. The van der Waals surface area contributed by atoms with Crippen molar-refractivity contribution in [2.24, 2.45) is 13.0 Å². The van der Waals surface area contributed by atoms with Crippen LogP contribution in [0, 0.1) is 12.8 Å². The van der Waals surface area contributed by atoms with Gasteiger partial charge in [0, 0.05) is 18.7 Å². The Morgan fingerprint density at radius 1 is 1.42 bits per heavy atom. The zero-order valence-corrected chi connectivity index (χ0v) is 13.1. The van der Waals surface area contributed by atoms with Gasteiger partial charge in [0.05, 0.1) is 5.69 Å². The van der Waals surface area contributed by atoms with E-state index in [4.69, 9.17) is 11.6 Å². The zero-order valence-electron chi connectivity index (χ0n) is 12.4. The second-order valence-corrected chi connectivity index (χ2v) is 6.08. The molecular formula is C15H26ClN3. The lowest BCUT2D eigenvalue weighted by atomic mass is 9.92. The Morgan fingerprint density at radius 2 is 2.11 bits per heavy atom. The fourth-order valence-electron chi connectivity index (χ4n) is 3.38. The number of hydrogen-bond acceptors (Lipinski definition) is 2. The molecule has 4 heteroatoms. The second kappa shape index (κ2) is 6.76. The van der Waals surface area contributed by atoms with Crippen LogP contribution in [0.25, 0.3) is 0 Å². The third kappa shape index (κ3) is 3.51. The Balaban J connectivity index is 1.97. The van der Waals surface area contributed by atoms with Crippen molar-refractivity contribution in [1.82, 2.24) is 15.1 Å². The average Bonchev–Trinajstić information content (AvgIpc) is 2.97. The maximum Gasteiger partial charge on any atom is 0.130 e. The van der Waals surface area contributed by atoms with E-state index in [0.717, 1.165) is 29.7 Å². The van der Waals surface area contributed by atoms with Gasteiger partial charge in [0.2, 0.25) is 0 Å². The van der Waals surface area contributed by atoms with Crippen molar-refractivity contribution in [2.45, 2.75) is 58.4 Å². The molecule has 1 saturated carbocycles. The molecular weight excluding hydrogens is 258 g/mol. The van der Waals surface area contributed by atoms with Crippen LogP contribution in [0.4, 0.5) is 0 Å². The molecule has 0 saturated heterocycles. The molecule has 1 aromatic rings. The van der Waals surface area contributed by atoms with Gasteiger partial charge in [-0.05, 0) is 45.1 Å². The van der Waals surface area contributed by atoms with Crippen LogP contribution in [0.15, 0.2) is 0 Å². The van der Waals surface area contributed by atoms with Crippen LogP contribution >= 0.6 is 11.6 Å². The van der Waals surface area contributed by atoms with E-state index < -0.39 is 0 Å². The van der Waals surface area contributed by atoms with E-state index in [2.05, 4.69) is 24.3 Å². The molecule has 1 N–H and O–H groups in total. The number of halogens is 1. The van der Waals surface area contributed by atoms with Crippen molar-refractivity contribution in [2.75, 3.05) is 6.54 Å². The van der Waals surface area contributed by atoms with Crippen molar-refractivity contribution in [3.05, 3.63) is 16.4 Å². The van der Waals surface area contributed by atoms with Crippen LogP contribution in [0.3, 0.4) is 0 Å². The summed E-state index contributed by atoms with van der Waals surface area (Å²) in [4.78, 5) is 0. The van der Waals surface area contributed by atoms with E-state index in [1.807, 2.05) is 7.05 Å². The van der Waals surface area contributed by atoms with Crippen molar-refractivity contribution in [3.63, 3.8) is 0 Å². The summed E-state index contributed by atoms with van der Waals surface area (Å²) in [5, 5.41) is 8.87. The third-order valence-electron chi connectivity index (χ3n) is 4.41. The molecule has 19 heavy (non-hydrogen) atoms. The SMILES string of the molecule is CCNC(CCc1c(C)nn(C)c1Cl)C1CCCC1. The monoisotopic (exact) mass is 283 g/mol. The second-order valence-electron chi connectivity index (χ2n) is 5.73. The molecule has 0 aromatic carbocycles. The zero-order chi connectivity index (χ0) is 13.8. The molecule has 1 atom stereocenters. The smallest absolute Gasteiger partial charge is 0.130 e. The first-order valence-corrected chi connectivity index (χ1v) is 7.92. The summed E-state index contributed by atoms with van der Waals surface area (Å²) < 4.78 is 1.78. The predicted octanol–water partition coefficient (Wildman–Crippen LogP) is 3.48. The van der Waals surface area contributed by atoms with Crippen LogP contribution in [0.2, 0.25) is 5.15 Å². The van der Waals surface area contributed by atoms with Crippen LogP contribution in [-0.4, -0.2) is 22.4 Å². The number of nitrogens with one attached hydrogen (secondary N) is 1. The summed E-state index contributed by atoms with van der Waals surface area (Å²) in [5.74, 6) is 0.857. The first kappa shape index (κ1) is 14.9. The number of aromatic nitrogens is 2. The molecule has 1 aliphatic carbocycles. The Hall–Kier alpha value is -0.540. The number of hydrogen-bond donors (Lipinski definition) is 1. The molecule has 108 valence electrons. The van der Waals surface area contributed by atoms with Gasteiger partial charge in [0.15, 0.2) is 0 Å².